The molecule has 0 aromatic heterocycles. The number of ether oxygens (including phenoxy) is 1. The predicted octanol–water partition coefficient (Wildman–Crippen LogP) is 5.16. The molecular weight excluding hydrogens is 387 g/mol. The number of hydrogen-bond donors (Lipinski definition) is 0. The highest BCUT2D eigenvalue weighted by Crippen LogP contribution is 2.40. The first-order valence-corrected chi connectivity index (χ1v) is 10.3. The fourth-order valence-electron chi connectivity index (χ4n) is 4.17. The Hall–Kier alpha value is -2.60. The summed E-state index contributed by atoms with van der Waals surface area (Å²) in [5, 5.41) is 0. The zero-order valence-electron chi connectivity index (χ0n) is 16.4. The fourth-order valence-corrected chi connectivity index (χ4v) is 4.59. The molecule has 4 nitrogen and oxygen atoms in total. The van der Waals surface area contributed by atoms with Crippen LogP contribution in [-0.2, 0) is 0 Å². The smallest absolute Gasteiger partial charge is 0.260 e. The van der Waals surface area contributed by atoms with E-state index in [-0.39, 0.29) is 11.7 Å². The van der Waals surface area contributed by atoms with Crippen molar-refractivity contribution in [2.24, 2.45) is 4.99 Å². The number of benzene rings is 2. The number of aliphatic imine (C=N–C) groups is 1. The molecule has 29 heavy (non-hydrogen) atoms. The number of nitrogens with zero attached hydrogens (tertiary/aromatic N) is 2. The van der Waals surface area contributed by atoms with Gasteiger partial charge in [0.05, 0.1) is 7.11 Å². The van der Waals surface area contributed by atoms with Gasteiger partial charge in [-0.2, -0.15) is 0 Å². The number of amides is 1. The third kappa shape index (κ3) is 3.69. The lowest BCUT2D eigenvalue weighted by atomic mass is 9.99. The normalized spacial score (nSPS) is 18.5. The molecule has 1 heterocycles. The van der Waals surface area contributed by atoms with Crippen molar-refractivity contribution in [3.8, 4) is 5.75 Å². The summed E-state index contributed by atoms with van der Waals surface area (Å²) in [6.07, 6.45) is 5.80. The van der Waals surface area contributed by atoms with Gasteiger partial charge in [0.25, 0.3) is 5.91 Å². The molecule has 1 aliphatic heterocycles. The minimum Gasteiger partial charge on any atom is -0.497 e. The first kappa shape index (κ1) is 19.7. The van der Waals surface area contributed by atoms with E-state index in [0.29, 0.717) is 22.0 Å². The van der Waals surface area contributed by atoms with Gasteiger partial charge in [-0.15, -0.1) is 0 Å². The molecule has 0 radical (unpaired) electrons. The molecule has 1 aliphatic carbocycles. The third-order valence-corrected chi connectivity index (χ3v) is 6.08. The van der Waals surface area contributed by atoms with E-state index in [4.69, 9.17) is 21.9 Å². The lowest BCUT2D eigenvalue weighted by Crippen LogP contribution is -2.49. The van der Waals surface area contributed by atoms with Crippen LogP contribution in [0.3, 0.4) is 0 Å². The summed E-state index contributed by atoms with van der Waals surface area (Å²) in [6, 6.07) is 13.2. The van der Waals surface area contributed by atoms with Crippen LogP contribution in [0.5, 0.6) is 5.75 Å². The highest BCUT2D eigenvalue weighted by Gasteiger charge is 2.48. The molecule has 0 N–H and O–H groups in total. The monoisotopic (exact) mass is 410 g/mol. The van der Waals surface area contributed by atoms with Gasteiger partial charge in [-0.05, 0) is 74.2 Å². The number of methoxy groups -OCH3 is 1. The summed E-state index contributed by atoms with van der Waals surface area (Å²) < 4.78 is 18.6. The maximum atomic E-state index is 13.5. The van der Waals surface area contributed by atoms with Gasteiger partial charge in [-0.1, -0.05) is 25.1 Å². The maximum absolute atomic E-state index is 13.5. The number of carbonyl (C=O) groups is 1. The number of carbonyl (C=O) groups excluding carboxylic acids is 1. The summed E-state index contributed by atoms with van der Waals surface area (Å²) in [5.74, 6) is 0.229. The Morgan fingerprint density at radius 3 is 2.24 bits per heavy atom. The molecule has 4 rings (SSSR count). The van der Waals surface area contributed by atoms with Crippen LogP contribution in [0, 0.1) is 5.82 Å². The Morgan fingerprint density at radius 2 is 1.66 bits per heavy atom. The first-order chi connectivity index (χ1) is 14.0. The van der Waals surface area contributed by atoms with Gasteiger partial charge in [-0.25, -0.2) is 4.39 Å². The van der Waals surface area contributed by atoms with E-state index in [2.05, 4.69) is 0 Å². The van der Waals surface area contributed by atoms with Crippen molar-refractivity contribution in [2.45, 2.75) is 44.2 Å². The topological polar surface area (TPSA) is 41.9 Å². The van der Waals surface area contributed by atoms with E-state index in [1.807, 2.05) is 0 Å². The Balaban J connectivity index is 1.75. The molecular formula is C23H23FN2O2S. The van der Waals surface area contributed by atoms with Crippen molar-refractivity contribution >= 4 is 28.8 Å². The van der Waals surface area contributed by atoms with E-state index in [0.717, 1.165) is 44.1 Å². The van der Waals surface area contributed by atoms with Crippen LogP contribution in [-0.4, -0.2) is 34.3 Å². The molecule has 1 saturated carbocycles. The average molecular weight is 411 g/mol. The minimum atomic E-state index is -0.658. The number of thiocarbonyl (C=S) groups is 1. The molecule has 1 amide bonds. The van der Waals surface area contributed by atoms with Gasteiger partial charge in [-0.3, -0.25) is 14.7 Å². The largest absolute Gasteiger partial charge is 0.497 e. The molecule has 2 aliphatic rings. The van der Waals surface area contributed by atoms with E-state index < -0.39 is 5.66 Å². The number of hydrogen-bond acceptors (Lipinski definition) is 4. The lowest BCUT2D eigenvalue weighted by molar-refractivity contribution is 0.0692. The summed E-state index contributed by atoms with van der Waals surface area (Å²) >= 11 is 5.76. The Kier molecular flexibility index (Phi) is 5.46. The summed E-state index contributed by atoms with van der Waals surface area (Å²) in [6.45, 7) is 0. The van der Waals surface area contributed by atoms with E-state index in [1.165, 1.54) is 12.1 Å². The average Bonchev–Trinajstić information content (AvgIpc) is 2.87. The molecule has 2 aromatic carbocycles. The van der Waals surface area contributed by atoms with Crippen LogP contribution < -0.4 is 4.74 Å². The van der Waals surface area contributed by atoms with Crippen LogP contribution in [0.15, 0.2) is 53.5 Å². The number of rotatable bonds is 3. The van der Waals surface area contributed by atoms with Crippen LogP contribution >= 0.6 is 12.2 Å². The molecule has 0 saturated heterocycles. The maximum Gasteiger partial charge on any atom is 0.260 e. The predicted molar refractivity (Wildman–Crippen MR) is 115 cm³/mol. The highest BCUT2D eigenvalue weighted by molar-refractivity contribution is 7.82. The zero-order valence-corrected chi connectivity index (χ0v) is 17.2. The van der Waals surface area contributed by atoms with E-state index in [1.54, 1.807) is 48.4 Å². The van der Waals surface area contributed by atoms with E-state index in [9.17, 15) is 9.18 Å². The van der Waals surface area contributed by atoms with Crippen molar-refractivity contribution in [1.82, 2.24) is 4.90 Å². The van der Waals surface area contributed by atoms with Crippen molar-refractivity contribution in [2.75, 3.05) is 7.11 Å². The molecule has 0 bridgehead atoms. The van der Waals surface area contributed by atoms with Gasteiger partial charge in [0.2, 0.25) is 0 Å². The van der Waals surface area contributed by atoms with Crippen LogP contribution in [0.1, 0.15) is 54.4 Å². The van der Waals surface area contributed by atoms with Crippen molar-refractivity contribution in [3.05, 3.63) is 65.5 Å². The quantitative estimate of drug-likeness (QED) is 0.657. The van der Waals surface area contributed by atoms with E-state index >= 15 is 0 Å². The molecule has 6 heteroatoms. The van der Waals surface area contributed by atoms with Crippen molar-refractivity contribution in [3.63, 3.8) is 0 Å². The van der Waals surface area contributed by atoms with Crippen molar-refractivity contribution < 1.29 is 13.9 Å². The Labute approximate surface area is 175 Å². The second-order valence-electron chi connectivity index (χ2n) is 7.54. The lowest BCUT2D eigenvalue weighted by Gasteiger charge is -2.35. The molecule has 2 aromatic rings. The van der Waals surface area contributed by atoms with Crippen molar-refractivity contribution in [1.29, 1.82) is 0 Å². The fraction of sp³-hybridized carbons (Fsp3) is 0.348. The van der Waals surface area contributed by atoms with Crippen LogP contribution in [0.4, 0.5) is 4.39 Å². The minimum absolute atomic E-state index is 0.152. The summed E-state index contributed by atoms with van der Waals surface area (Å²) in [4.78, 5) is 20.7. The van der Waals surface area contributed by atoms with Gasteiger partial charge in [0.15, 0.2) is 0 Å². The van der Waals surface area contributed by atoms with Gasteiger partial charge in [0.1, 0.15) is 27.9 Å². The Morgan fingerprint density at radius 1 is 1.03 bits per heavy atom. The van der Waals surface area contributed by atoms with Gasteiger partial charge >= 0.3 is 0 Å². The SMILES string of the molecule is COc1ccc(C(=O)N2C(=S)C(c3ccc(F)cc3)=NC23CCCCCC3)cc1. The molecule has 0 atom stereocenters. The molecule has 150 valence electrons. The Bertz CT molecular complexity index is 946. The van der Waals surface area contributed by atoms with Crippen LogP contribution in [0.25, 0.3) is 0 Å². The van der Waals surface area contributed by atoms with Gasteiger partial charge < -0.3 is 4.74 Å². The van der Waals surface area contributed by atoms with Gasteiger partial charge in [0, 0.05) is 11.1 Å². The number of halogens is 1. The highest BCUT2D eigenvalue weighted by atomic mass is 32.1. The second-order valence-corrected chi connectivity index (χ2v) is 7.92. The van der Waals surface area contributed by atoms with Crippen LogP contribution in [0.2, 0.25) is 0 Å². The summed E-state index contributed by atoms with van der Waals surface area (Å²) in [7, 11) is 1.59. The zero-order chi connectivity index (χ0) is 20.4. The molecule has 0 unspecified atom stereocenters. The second kappa shape index (κ2) is 8.03. The molecule has 1 spiro atoms. The first-order valence-electron chi connectivity index (χ1n) is 9.93. The molecule has 1 fully saturated rings. The third-order valence-electron chi connectivity index (χ3n) is 5.70. The summed E-state index contributed by atoms with van der Waals surface area (Å²) in [5.41, 5.74) is 1.23. The standard InChI is InChI=1S/C23H23FN2O2S/c1-28-19-12-8-17(9-13-19)21(27)26-22(29)20(16-6-10-18(24)11-7-16)25-23(26)14-4-2-3-5-15-23/h6-13H,2-5,14-15H2,1H3.